The summed E-state index contributed by atoms with van der Waals surface area (Å²) >= 11 is 0. The molecule has 1 spiro atoms. The molecule has 11 heteroatoms. The molecular formula is C26H31N3O8. The number of ketones is 1. The number of aliphatic hydroxyl groups excluding tert-OH is 2. The molecule has 0 saturated carbocycles. The lowest BCUT2D eigenvalue weighted by Crippen LogP contribution is -2.72. The molecule has 1 unspecified atom stereocenters. The predicted molar refractivity (Wildman–Crippen MR) is 128 cm³/mol. The zero-order valence-electron chi connectivity index (χ0n) is 20.8. The number of benzene rings is 1. The lowest BCUT2D eigenvalue weighted by molar-refractivity contribution is -0.511. The number of hydrogen-bond acceptors (Lipinski definition) is 10. The van der Waals surface area contributed by atoms with E-state index in [2.05, 4.69) is 0 Å². The minimum atomic E-state index is -1.54. The summed E-state index contributed by atoms with van der Waals surface area (Å²) in [7, 11) is 3.50. The summed E-state index contributed by atoms with van der Waals surface area (Å²) in [6.45, 7) is 1.90. The molecule has 0 aromatic heterocycles. The zero-order valence-corrected chi connectivity index (χ0v) is 20.8. The van der Waals surface area contributed by atoms with Crippen LogP contribution in [0.15, 0.2) is 34.8 Å². The summed E-state index contributed by atoms with van der Waals surface area (Å²) in [6.07, 6.45) is 1.65. The van der Waals surface area contributed by atoms with Gasteiger partial charge in [-0.1, -0.05) is 6.07 Å². The maximum absolute atomic E-state index is 13.9. The minimum absolute atomic E-state index is 0.140. The fourth-order valence-electron chi connectivity index (χ4n) is 6.90. The fraction of sp³-hybridized carbons (Fsp3) is 0.538. The molecule has 2 aliphatic heterocycles. The maximum Gasteiger partial charge on any atom is 0.250 e. The Morgan fingerprint density at radius 2 is 2.03 bits per heavy atom. The van der Waals surface area contributed by atoms with E-state index in [1.54, 1.807) is 19.0 Å². The van der Waals surface area contributed by atoms with Crippen molar-refractivity contribution >= 4 is 11.7 Å². The Bertz CT molecular complexity index is 1250. The molecule has 1 aromatic rings. The van der Waals surface area contributed by atoms with E-state index < -0.39 is 41.3 Å². The van der Waals surface area contributed by atoms with Gasteiger partial charge in [-0.25, -0.2) is 9.78 Å². The van der Waals surface area contributed by atoms with Crippen LogP contribution in [0.1, 0.15) is 40.7 Å². The monoisotopic (exact) mass is 513 g/mol. The van der Waals surface area contributed by atoms with Gasteiger partial charge in [0, 0.05) is 24.6 Å². The van der Waals surface area contributed by atoms with E-state index in [-0.39, 0.29) is 34.0 Å². The van der Waals surface area contributed by atoms with E-state index in [0.717, 1.165) is 30.5 Å². The van der Waals surface area contributed by atoms with Crippen LogP contribution < -0.4 is 5.73 Å². The van der Waals surface area contributed by atoms with Gasteiger partial charge in [0.1, 0.15) is 17.3 Å². The highest BCUT2D eigenvalue weighted by Gasteiger charge is 2.71. The molecule has 11 nitrogen and oxygen atoms in total. The van der Waals surface area contributed by atoms with Crippen LogP contribution in [0.25, 0.3) is 0 Å². The Morgan fingerprint density at radius 3 is 2.65 bits per heavy atom. The first-order valence-corrected chi connectivity index (χ1v) is 12.6. The van der Waals surface area contributed by atoms with Gasteiger partial charge in [-0.2, -0.15) is 5.06 Å². The molecule has 1 amide bonds. The minimum Gasteiger partial charge on any atom is -0.510 e. The number of fused-ring (bicyclic) bond motifs is 2. The number of amides is 1. The normalized spacial score (nSPS) is 33.4. The largest absolute Gasteiger partial charge is 0.510 e. The quantitative estimate of drug-likeness (QED) is 0.435. The second-order valence-electron chi connectivity index (χ2n) is 10.8. The Kier molecular flexibility index (Phi) is 5.62. The number of carbonyl (C=O) groups excluding carboxylic acids is 2. The molecule has 5 aliphatic rings. The van der Waals surface area contributed by atoms with Gasteiger partial charge in [-0.3, -0.25) is 19.3 Å². The Balaban J connectivity index is 1.46. The number of phenols is 1. The zero-order chi connectivity index (χ0) is 26.2. The molecule has 6 rings (SSSR count). The molecule has 3 aliphatic carbocycles. The van der Waals surface area contributed by atoms with Crippen LogP contribution in [0.5, 0.6) is 5.75 Å². The number of nitrogens with two attached hydrogens (primary N) is 1. The van der Waals surface area contributed by atoms with E-state index in [4.69, 9.17) is 20.3 Å². The Hall–Kier alpha value is -2.96. The van der Waals surface area contributed by atoms with Crippen molar-refractivity contribution in [3.8, 4) is 5.75 Å². The number of nitrogens with zero attached hydrogens (tertiary/aromatic N) is 2. The van der Waals surface area contributed by atoms with E-state index in [1.165, 1.54) is 6.07 Å². The highest BCUT2D eigenvalue weighted by molar-refractivity contribution is 6.13. The summed E-state index contributed by atoms with van der Waals surface area (Å²) in [5.74, 6) is -3.00. The number of aromatic hydroxyl groups is 1. The Morgan fingerprint density at radius 1 is 1.24 bits per heavy atom. The van der Waals surface area contributed by atoms with Gasteiger partial charge in [0.15, 0.2) is 17.5 Å². The SMILES string of the molecule is CN(C)[C@@H]1C(O)=C(C(N)=O)C2OO[C@@]23C(O)=C2C(=O)c4c(O)ccc(CN5CCCCO5)c4C[C@H]2C[C@@H]13. The summed E-state index contributed by atoms with van der Waals surface area (Å²) in [6, 6.07) is 2.61. The molecule has 5 atom stereocenters. The molecule has 0 bridgehead atoms. The van der Waals surface area contributed by atoms with Gasteiger partial charge >= 0.3 is 0 Å². The first-order chi connectivity index (χ1) is 17.7. The lowest BCUT2D eigenvalue weighted by Gasteiger charge is -2.59. The van der Waals surface area contributed by atoms with E-state index in [1.807, 2.05) is 11.1 Å². The maximum atomic E-state index is 13.9. The van der Waals surface area contributed by atoms with Crippen molar-refractivity contribution in [2.24, 2.45) is 17.6 Å². The predicted octanol–water partition coefficient (Wildman–Crippen LogP) is 1.42. The van der Waals surface area contributed by atoms with Crippen molar-refractivity contribution in [2.45, 2.75) is 50.0 Å². The molecule has 2 heterocycles. The molecule has 198 valence electrons. The van der Waals surface area contributed by atoms with E-state index >= 15 is 0 Å². The van der Waals surface area contributed by atoms with Gasteiger partial charge < -0.3 is 21.1 Å². The highest BCUT2D eigenvalue weighted by atomic mass is 17.3. The number of carbonyl (C=O) groups is 2. The van der Waals surface area contributed by atoms with Gasteiger partial charge in [0.25, 0.3) is 5.91 Å². The Labute approximate surface area is 213 Å². The van der Waals surface area contributed by atoms with Gasteiger partial charge in [-0.05, 0) is 62.9 Å². The van der Waals surface area contributed by atoms with Crippen molar-refractivity contribution in [3.63, 3.8) is 0 Å². The van der Waals surface area contributed by atoms with Gasteiger partial charge in [-0.15, -0.1) is 0 Å². The van der Waals surface area contributed by atoms with Crippen LogP contribution >= 0.6 is 0 Å². The summed E-state index contributed by atoms with van der Waals surface area (Å²) < 4.78 is 0. The molecule has 5 N–H and O–H groups in total. The summed E-state index contributed by atoms with van der Waals surface area (Å²) in [4.78, 5) is 44.5. The average molecular weight is 514 g/mol. The van der Waals surface area contributed by atoms with Crippen LogP contribution in [0.3, 0.4) is 0 Å². The first kappa shape index (κ1) is 24.4. The lowest BCUT2D eigenvalue weighted by atomic mass is 9.57. The smallest absolute Gasteiger partial charge is 0.250 e. The fourth-order valence-corrected chi connectivity index (χ4v) is 6.90. The number of phenolic OH excluding ortho intramolecular Hbond substituents is 1. The van der Waals surface area contributed by atoms with Crippen molar-refractivity contribution in [1.82, 2.24) is 9.96 Å². The topological polar surface area (TPSA) is 155 Å². The molecule has 2 fully saturated rings. The third kappa shape index (κ3) is 3.31. The van der Waals surface area contributed by atoms with E-state index in [0.29, 0.717) is 26.0 Å². The highest BCUT2D eigenvalue weighted by Crippen LogP contribution is 2.59. The number of allylic oxidation sites excluding steroid dienone is 1. The number of hydrogen-bond donors (Lipinski definition) is 4. The third-order valence-electron chi connectivity index (χ3n) is 8.55. The van der Waals surface area contributed by atoms with Crippen LogP contribution in [0.4, 0.5) is 0 Å². The number of primary amides is 1. The van der Waals surface area contributed by atoms with Crippen molar-refractivity contribution in [3.05, 3.63) is 51.5 Å². The number of rotatable bonds is 4. The number of aliphatic hydroxyl groups is 2. The second-order valence-corrected chi connectivity index (χ2v) is 10.8. The van der Waals surface area contributed by atoms with Crippen molar-refractivity contribution < 1.29 is 39.5 Å². The molecule has 0 radical (unpaired) electrons. The summed E-state index contributed by atoms with van der Waals surface area (Å²) in [5.41, 5.74) is 5.78. The first-order valence-electron chi connectivity index (χ1n) is 12.6. The molecule has 37 heavy (non-hydrogen) atoms. The number of Topliss-reactive ketones (excluding diaryl/α,β-unsaturated/α-hetero) is 1. The summed E-state index contributed by atoms with van der Waals surface area (Å²) in [5, 5.41) is 35.3. The van der Waals surface area contributed by atoms with Crippen molar-refractivity contribution in [2.75, 3.05) is 27.2 Å². The van der Waals surface area contributed by atoms with Crippen LogP contribution in [0.2, 0.25) is 0 Å². The standard InChI is InChI=1S/C26H31N3O8/c1-28(2)20-15-10-13-9-14-12(11-29-7-3-4-8-35-29)5-6-16(30)18(14)21(31)17(13)23(33)26(15)24(36-37-26)19(22(20)32)25(27)34/h5-6,13,15,20,24,30,32-33H,3-4,7-11H2,1-2H3,(H2,27,34)/t13-,15-,20-,24?,26-/m0/s1. The van der Waals surface area contributed by atoms with E-state index in [9.17, 15) is 24.9 Å². The third-order valence-corrected chi connectivity index (χ3v) is 8.55. The number of hydroxylamine groups is 2. The van der Waals surface area contributed by atoms with Crippen LogP contribution in [-0.2, 0) is 32.4 Å². The number of likely N-dealkylation sites (N-methyl/N-ethyl adjacent to an activating group) is 1. The second kappa shape index (κ2) is 8.53. The van der Waals surface area contributed by atoms with Gasteiger partial charge in [0.05, 0.1) is 23.8 Å². The van der Waals surface area contributed by atoms with Crippen LogP contribution in [0, 0.1) is 11.8 Å². The van der Waals surface area contributed by atoms with Crippen molar-refractivity contribution in [1.29, 1.82) is 0 Å². The average Bonchev–Trinajstić information content (AvgIpc) is 2.83. The van der Waals surface area contributed by atoms with Gasteiger partial charge in [0.2, 0.25) is 0 Å². The van der Waals surface area contributed by atoms with Crippen LogP contribution in [-0.4, -0.2) is 82.0 Å². The molecular weight excluding hydrogens is 482 g/mol. The molecule has 1 aromatic carbocycles. The molecule has 2 saturated heterocycles.